The molecule has 1 saturated carbocycles. The van der Waals surface area contributed by atoms with Gasteiger partial charge in [0.1, 0.15) is 5.82 Å². The van der Waals surface area contributed by atoms with E-state index in [-0.39, 0.29) is 47.5 Å². The molecule has 6 nitrogen and oxygen atoms in total. The maximum Gasteiger partial charge on any atom is 0.213 e. The van der Waals surface area contributed by atoms with E-state index in [1.54, 1.807) is 13.1 Å². The molecule has 0 unspecified atom stereocenters. The largest absolute Gasteiger partial charge is 0.356 e. The van der Waals surface area contributed by atoms with Crippen LogP contribution in [-0.4, -0.2) is 46.8 Å². The lowest BCUT2D eigenvalue weighted by molar-refractivity contribution is 0.316. The first-order valence-corrected chi connectivity index (χ1v) is 11.0. The van der Waals surface area contributed by atoms with E-state index in [4.69, 9.17) is 0 Å². The van der Waals surface area contributed by atoms with Gasteiger partial charge in [-0.05, 0) is 36.5 Å². The minimum absolute atomic E-state index is 0. The predicted octanol–water partition coefficient (Wildman–Crippen LogP) is 2.61. The van der Waals surface area contributed by atoms with Crippen molar-refractivity contribution >= 4 is 40.0 Å². The molecular weight excluding hydrogens is 494 g/mol. The molecule has 1 fully saturated rings. The van der Waals surface area contributed by atoms with Gasteiger partial charge in [0.05, 0.1) is 5.75 Å². The summed E-state index contributed by atoms with van der Waals surface area (Å²) in [5, 5.41) is 6.21. The van der Waals surface area contributed by atoms with E-state index in [0.29, 0.717) is 25.0 Å². The monoisotopic (exact) mass is 526 g/mol. The number of nitrogens with one attached hydrogen (secondary N) is 3. The molecule has 2 rings (SSSR count). The van der Waals surface area contributed by atoms with Gasteiger partial charge in [0, 0.05) is 32.1 Å². The van der Waals surface area contributed by atoms with Gasteiger partial charge in [-0.15, -0.1) is 24.0 Å². The Balaban J connectivity index is 0.00000392. The van der Waals surface area contributed by atoms with Gasteiger partial charge in [0.25, 0.3) is 0 Å². The summed E-state index contributed by atoms with van der Waals surface area (Å²) in [4.78, 5) is 4.12. The smallest absolute Gasteiger partial charge is 0.213 e. The zero-order chi connectivity index (χ0) is 19.9. The van der Waals surface area contributed by atoms with Crippen LogP contribution in [0.4, 0.5) is 4.39 Å². The molecule has 0 spiro atoms. The standard InChI is InChI=1S/C19H31FN4O2S.HI/c1-19(2,16-8-5-9-17(20)12-16)14-23-18(21-3)22-10-11-27(25,26)24-13-15-6-4-7-15;/h5,8-9,12,15,24H,4,6-7,10-11,13-14H2,1-3H3,(H2,21,22,23);1H. The van der Waals surface area contributed by atoms with Crippen LogP contribution in [0, 0.1) is 11.7 Å². The predicted molar refractivity (Wildman–Crippen MR) is 123 cm³/mol. The van der Waals surface area contributed by atoms with Crippen molar-refractivity contribution in [2.45, 2.75) is 38.5 Å². The van der Waals surface area contributed by atoms with Crippen molar-refractivity contribution in [1.29, 1.82) is 0 Å². The minimum Gasteiger partial charge on any atom is -0.356 e. The Morgan fingerprint density at radius 3 is 2.57 bits per heavy atom. The second-order valence-electron chi connectivity index (χ2n) is 7.71. The van der Waals surface area contributed by atoms with Crippen LogP contribution in [0.15, 0.2) is 29.3 Å². The van der Waals surface area contributed by atoms with E-state index in [1.807, 2.05) is 19.9 Å². The summed E-state index contributed by atoms with van der Waals surface area (Å²) in [7, 11) is -1.65. The summed E-state index contributed by atoms with van der Waals surface area (Å²) in [6.07, 6.45) is 3.42. The molecule has 160 valence electrons. The Morgan fingerprint density at radius 1 is 1.29 bits per heavy atom. The number of guanidine groups is 1. The highest BCUT2D eigenvalue weighted by Crippen LogP contribution is 2.25. The van der Waals surface area contributed by atoms with E-state index in [9.17, 15) is 12.8 Å². The van der Waals surface area contributed by atoms with Crippen molar-refractivity contribution in [3.05, 3.63) is 35.6 Å². The summed E-state index contributed by atoms with van der Waals surface area (Å²) >= 11 is 0. The zero-order valence-electron chi connectivity index (χ0n) is 16.8. The van der Waals surface area contributed by atoms with Crippen molar-refractivity contribution in [2.24, 2.45) is 10.9 Å². The van der Waals surface area contributed by atoms with Crippen molar-refractivity contribution in [2.75, 3.05) is 32.4 Å². The highest BCUT2D eigenvalue weighted by atomic mass is 127. The maximum atomic E-state index is 13.5. The molecule has 1 aromatic carbocycles. The molecule has 0 radical (unpaired) electrons. The molecule has 3 N–H and O–H groups in total. The van der Waals surface area contributed by atoms with Gasteiger partial charge < -0.3 is 10.6 Å². The molecule has 28 heavy (non-hydrogen) atoms. The van der Waals surface area contributed by atoms with Gasteiger partial charge in [-0.2, -0.15) is 0 Å². The third-order valence-electron chi connectivity index (χ3n) is 5.01. The highest BCUT2D eigenvalue weighted by Gasteiger charge is 2.22. The van der Waals surface area contributed by atoms with E-state index in [2.05, 4.69) is 20.3 Å². The van der Waals surface area contributed by atoms with Crippen LogP contribution in [0.25, 0.3) is 0 Å². The van der Waals surface area contributed by atoms with E-state index >= 15 is 0 Å². The van der Waals surface area contributed by atoms with E-state index in [0.717, 1.165) is 18.4 Å². The molecule has 1 aliphatic rings. The molecule has 1 aliphatic carbocycles. The summed E-state index contributed by atoms with van der Waals surface area (Å²) in [5.74, 6) is 0.747. The lowest BCUT2D eigenvalue weighted by Gasteiger charge is -2.27. The second-order valence-corrected chi connectivity index (χ2v) is 9.64. The number of hydrogen-bond acceptors (Lipinski definition) is 3. The Labute approximate surface area is 185 Å². The highest BCUT2D eigenvalue weighted by molar-refractivity contribution is 14.0. The van der Waals surface area contributed by atoms with Gasteiger partial charge >= 0.3 is 0 Å². The summed E-state index contributed by atoms with van der Waals surface area (Å²) in [6.45, 7) is 5.35. The minimum atomic E-state index is -3.28. The second kappa shape index (κ2) is 11.3. The first-order valence-electron chi connectivity index (χ1n) is 9.40. The van der Waals surface area contributed by atoms with Crippen LogP contribution < -0.4 is 15.4 Å². The van der Waals surface area contributed by atoms with Gasteiger partial charge in [-0.3, -0.25) is 4.99 Å². The molecule has 0 bridgehead atoms. The molecule has 1 aromatic rings. The van der Waals surface area contributed by atoms with Gasteiger partial charge in [0.2, 0.25) is 10.0 Å². The topological polar surface area (TPSA) is 82.6 Å². The van der Waals surface area contributed by atoms with Crippen LogP contribution in [0.3, 0.4) is 0 Å². The number of benzene rings is 1. The summed E-state index contributed by atoms with van der Waals surface area (Å²) in [5.41, 5.74) is 0.573. The van der Waals surface area contributed by atoms with Crippen LogP contribution in [0.2, 0.25) is 0 Å². The molecule has 0 amide bonds. The fourth-order valence-electron chi connectivity index (χ4n) is 2.85. The van der Waals surface area contributed by atoms with E-state index in [1.165, 1.54) is 18.6 Å². The summed E-state index contributed by atoms with van der Waals surface area (Å²) < 4.78 is 40.2. The lowest BCUT2D eigenvalue weighted by atomic mass is 9.84. The number of nitrogens with zero attached hydrogens (tertiary/aromatic N) is 1. The Morgan fingerprint density at radius 2 is 2.00 bits per heavy atom. The molecular formula is C19H32FIN4O2S. The van der Waals surface area contributed by atoms with Crippen LogP contribution in [0.1, 0.15) is 38.7 Å². The first kappa shape index (κ1) is 25.1. The zero-order valence-corrected chi connectivity index (χ0v) is 19.9. The van der Waals surface area contributed by atoms with Crippen molar-refractivity contribution in [3.63, 3.8) is 0 Å². The van der Waals surface area contributed by atoms with Crippen molar-refractivity contribution < 1.29 is 12.8 Å². The normalized spacial score (nSPS) is 15.5. The van der Waals surface area contributed by atoms with Gasteiger partial charge in [0.15, 0.2) is 5.96 Å². The molecule has 0 saturated heterocycles. The molecule has 0 heterocycles. The fraction of sp³-hybridized carbons (Fsp3) is 0.632. The average Bonchev–Trinajstić information content (AvgIpc) is 2.56. The third-order valence-corrected chi connectivity index (χ3v) is 6.36. The Kier molecular flexibility index (Phi) is 10.1. The average molecular weight is 526 g/mol. The van der Waals surface area contributed by atoms with Gasteiger partial charge in [-0.1, -0.05) is 32.4 Å². The number of halogens is 2. The number of aliphatic imine (C=N–C) groups is 1. The number of hydrogen-bond donors (Lipinski definition) is 3. The number of rotatable bonds is 9. The Hall–Kier alpha value is -0.940. The lowest BCUT2D eigenvalue weighted by Crippen LogP contribution is -2.45. The van der Waals surface area contributed by atoms with Gasteiger partial charge in [-0.25, -0.2) is 17.5 Å². The van der Waals surface area contributed by atoms with Crippen LogP contribution in [0.5, 0.6) is 0 Å². The number of sulfonamides is 1. The molecule has 0 atom stereocenters. The SMILES string of the molecule is CN=C(NCCS(=O)(=O)NCC1CCC1)NCC(C)(C)c1cccc(F)c1.I. The van der Waals surface area contributed by atoms with Crippen molar-refractivity contribution in [3.8, 4) is 0 Å². The van der Waals surface area contributed by atoms with Crippen molar-refractivity contribution in [1.82, 2.24) is 15.4 Å². The first-order chi connectivity index (χ1) is 12.7. The molecule has 9 heteroatoms. The maximum absolute atomic E-state index is 13.5. The molecule has 0 aromatic heterocycles. The third kappa shape index (κ3) is 8.20. The van der Waals surface area contributed by atoms with E-state index < -0.39 is 10.0 Å². The molecule has 0 aliphatic heterocycles. The van der Waals surface area contributed by atoms with Crippen LogP contribution in [-0.2, 0) is 15.4 Å². The fourth-order valence-corrected chi connectivity index (χ4v) is 3.86. The summed E-state index contributed by atoms with van der Waals surface area (Å²) in [6, 6.07) is 6.54. The van der Waals surface area contributed by atoms with Crippen LogP contribution >= 0.6 is 24.0 Å². The Bertz CT molecular complexity index is 752. The quantitative estimate of drug-likeness (QED) is 0.263.